The average molecular weight is 260 g/mol. The number of nitrogens with zero attached hydrogens (tertiary/aromatic N) is 2. The summed E-state index contributed by atoms with van der Waals surface area (Å²) in [5.74, 6) is 0.577. The largest absolute Gasteiger partial charge is 0.490 e. The molecule has 0 amide bonds. The lowest BCUT2D eigenvalue weighted by Gasteiger charge is -2.05. The zero-order valence-corrected chi connectivity index (χ0v) is 11.0. The number of Topliss-reactive ketones (excluding diaryl/α,β-unsaturated/α-hetero) is 1. The number of aromatic nitrogens is 2. The summed E-state index contributed by atoms with van der Waals surface area (Å²) < 4.78 is 7.23. The zero-order chi connectivity index (χ0) is 13.8. The molecule has 0 aliphatic rings. The molecule has 100 valence electrons. The van der Waals surface area contributed by atoms with Crippen LogP contribution in [0.2, 0.25) is 0 Å². The van der Waals surface area contributed by atoms with Crippen LogP contribution in [0, 0.1) is 6.92 Å². The van der Waals surface area contributed by atoms with Crippen molar-refractivity contribution in [2.45, 2.75) is 26.7 Å². The van der Waals surface area contributed by atoms with E-state index >= 15 is 0 Å². The Morgan fingerprint density at radius 1 is 1.53 bits per heavy atom. The predicted molar refractivity (Wildman–Crippen MR) is 70.7 cm³/mol. The minimum Gasteiger partial charge on any atom is -0.490 e. The summed E-state index contributed by atoms with van der Waals surface area (Å²) in [4.78, 5) is 26.9. The van der Waals surface area contributed by atoms with E-state index in [4.69, 9.17) is 4.74 Å². The lowest BCUT2D eigenvalue weighted by Crippen LogP contribution is -2.05. The summed E-state index contributed by atoms with van der Waals surface area (Å²) in [6.07, 6.45) is 2.97. The fourth-order valence-electron chi connectivity index (χ4n) is 2.07. The molecule has 19 heavy (non-hydrogen) atoms. The van der Waals surface area contributed by atoms with Crippen LogP contribution in [0.25, 0.3) is 5.65 Å². The Hall–Kier alpha value is -2.17. The first-order valence-electron chi connectivity index (χ1n) is 6.26. The van der Waals surface area contributed by atoms with Crippen molar-refractivity contribution >= 4 is 17.7 Å². The van der Waals surface area contributed by atoms with Crippen molar-refractivity contribution in [2.24, 2.45) is 0 Å². The molecule has 0 unspecified atom stereocenters. The first kappa shape index (κ1) is 13.3. The molecule has 0 aliphatic heterocycles. The summed E-state index contributed by atoms with van der Waals surface area (Å²) in [5.41, 5.74) is 1.82. The summed E-state index contributed by atoms with van der Waals surface area (Å²) in [6.45, 7) is 4.23. The van der Waals surface area contributed by atoms with Gasteiger partial charge in [0.1, 0.15) is 12.0 Å². The van der Waals surface area contributed by atoms with Crippen molar-refractivity contribution in [3.63, 3.8) is 0 Å². The van der Waals surface area contributed by atoms with Gasteiger partial charge in [0.25, 0.3) is 0 Å². The number of pyridine rings is 1. The molecule has 2 heterocycles. The molecule has 0 saturated carbocycles. The van der Waals surface area contributed by atoms with Crippen LogP contribution in [-0.4, -0.2) is 28.1 Å². The maximum atomic E-state index is 12.1. The van der Waals surface area contributed by atoms with Crippen LogP contribution in [-0.2, 0) is 4.79 Å². The number of aryl methyl sites for hydroxylation is 1. The van der Waals surface area contributed by atoms with E-state index in [1.807, 2.05) is 19.1 Å². The molecule has 5 heteroatoms. The van der Waals surface area contributed by atoms with E-state index in [0.717, 1.165) is 6.29 Å². The summed E-state index contributed by atoms with van der Waals surface area (Å²) >= 11 is 0. The second-order valence-corrected chi connectivity index (χ2v) is 4.17. The third-order valence-electron chi connectivity index (χ3n) is 2.84. The van der Waals surface area contributed by atoms with Crippen LogP contribution < -0.4 is 4.74 Å². The molecule has 2 aromatic rings. The Balaban J connectivity index is 2.50. The number of fused-ring (bicyclic) bond motifs is 1. The zero-order valence-electron chi connectivity index (χ0n) is 11.0. The molecule has 0 radical (unpaired) electrons. The van der Waals surface area contributed by atoms with Gasteiger partial charge < -0.3 is 9.53 Å². The molecule has 5 nitrogen and oxygen atoms in total. The van der Waals surface area contributed by atoms with Gasteiger partial charge in [-0.05, 0) is 26.0 Å². The van der Waals surface area contributed by atoms with Gasteiger partial charge in [-0.15, -0.1) is 0 Å². The maximum absolute atomic E-state index is 12.1. The Bertz CT molecular complexity index is 616. The van der Waals surface area contributed by atoms with E-state index in [2.05, 4.69) is 4.98 Å². The fraction of sp³-hybridized carbons (Fsp3) is 0.357. The summed E-state index contributed by atoms with van der Waals surface area (Å²) in [6, 6.07) is 3.64. The molecule has 0 aliphatic carbocycles. The minimum atomic E-state index is -0.0780. The van der Waals surface area contributed by atoms with Gasteiger partial charge in [0, 0.05) is 19.0 Å². The normalized spacial score (nSPS) is 10.6. The van der Waals surface area contributed by atoms with Crippen LogP contribution in [0.1, 0.15) is 35.9 Å². The molecule has 0 fully saturated rings. The fourth-order valence-corrected chi connectivity index (χ4v) is 2.07. The first-order valence-corrected chi connectivity index (χ1v) is 6.26. The van der Waals surface area contributed by atoms with Gasteiger partial charge in [0.2, 0.25) is 0 Å². The highest BCUT2D eigenvalue weighted by Gasteiger charge is 2.18. The predicted octanol–water partition coefficient (Wildman–Crippen LogP) is 2.20. The molecule has 0 atom stereocenters. The van der Waals surface area contributed by atoms with E-state index in [0.29, 0.717) is 29.4 Å². The van der Waals surface area contributed by atoms with Gasteiger partial charge in [0.15, 0.2) is 17.2 Å². The molecule has 0 saturated heterocycles. The van der Waals surface area contributed by atoms with E-state index in [-0.39, 0.29) is 18.6 Å². The van der Waals surface area contributed by atoms with Gasteiger partial charge in [-0.2, -0.15) is 0 Å². The third-order valence-corrected chi connectivity index (χ3v) is 2.84. The molecule has 2 aromatic heterocycles. The van der Waals surface area contributed by atoms with Crippen LogP contribution in [0.15, 0.2) is 18.3 Å². The molecule has 0 aromatic carbocycles. The van der Waals surface area contributed by atoms with Crippen molar-refractivity contribution < 1.29 is 14.3 Å². The van der Waals surface area contributed by atoms with Gasteiger partial charge in [-0.25, -0.2) is 4.98 Å². The van der Waals surface area contributed by atoms with Crippen molar-refractivity contribution in [1.29, 1.82) is 0 Å². The number of rotatable bonds is 6. The second kappa shape index (κ2) is 5.65. The van der Waals surface area contributed by atoms with E-state index in [9.17, 15) is 9.59 Å². The van der Waals surface area contributed by atoms with Crippen LogP contribution in [0.4, 0.5) is 0 Å². The van der Waals surface area contributed by atoms with E-state index in [1.165, 1.54) is 0 Å². The molecule has 2 rings (SSSR count). The molecular formula is C14H16N2O3. The highest BCUT2D eigenvalue weighted by Crippen LogP contribution is 2.22. The molecule has 0 bridgehead atoms. The summed E-state index contributed by atoms with van der Waals surface area (Å²) in [7, 11) is 0. The highest BCUT2D eigenvalue weighted by atomic mass is 16.5. The Morgan fingerprint density at radius 2 is 2.32 bits per heavy atom. The molecule has 0 N–H and O–H groups in total. The number of carbonyl (C=O) groups is 2. The van der Waals surface area contributed by atoms with Crippen LogP contribution in [0.5, 0.6) is 5.75 Å². The van der Waals surface area contributed by atoms with Gasteiger partial charge in [-0.3, -0.25) is 9.20 Å². The Morgan fingerprint density at radius 3 is 3.00 bits per heavy atom. The van der Waals surface area contributed by atoms with Gasteiger partial charge in [-0.1, -0.05) is 0 Å². The van der Waals surface area contributed by atoms with E-state index in [1.54, 1.807) is 17.5 Å². The second-order valence-electron chi connectivity index (χ2n) is 4.17. The van der Waals surface area contributed by atoms with E-state index < -0.39 is 0 Å². The topological polar surface area (TPSA) is 60.7 Å². The van der Waals surface area contributed by atoms with Crippen molar-refractivity contribution in [3.8, 4) is 5.75 Å². The monoisotopic (exact) mass is 260 g/mol. The smallest absolute Gasteiger partial charge is 0.181 e. The van der Waals surface area contributed by atoms with Gasteiger partial charge in [0.05, 0.1) is 12.3 Å². The van der Waals surface area contributed by atoms with Crippen molar-refractivity contribution in [2.75, 3.05) is 6.61 Å². The number of hydrogen-bond acceptors (Lipinski definition) is 4. The number of carbonyl (C=O) groups excluding carboxylic acids is 2. The third kappa shape index (κ3) is 2.50. The van der Waals surface area contributed by atoms with Crippen molar-refractivity contribution in [1.82, 2.24) is 9.38 Å². The maximum Gasteiger partial charge on any atom is 0.181 e. The quantitative estimate of drug-likeness (QED) is 0.590. The first-order chi connectivity index (χ1) is 9.19. The number of aldehydes is 1. The van der Waals surface area contributed by atoms with Crippen LogP contribution in [0.3, 0.4) is 0 Å². The summed E-state index contributed by atoms with van der Waals surface area (Å²) in [5, 5.41) is 0. The molecule has 0 spiro atoms. The lowest BCUT2D eigenvalue weighted by molar-refractivity contribution is -0.107. The lowest BCUT2D eigenvalue weighted by atomic mass is 10.1. The number of imidazole rings is 1. The SMILES string of the molecule is CCOc1cccn2c(C(=O)CCC=O)c(C)nc12. The Labute approximate surface area is 111 Å². The standard InChI is InChI=1S/C14H16N2O3/c1-3-19-12-7-4-8-16-13(10(2)15-14(12)16)11(18)6-5-9-17/h4,7-9H,3,5-6H2,1-2H3. The number of ether oxygens (including phenoxy) is 1. The molecular weight excluding hydrogens is 244 g/mol. The van der Waals surface area contributed by atoms with Crippen molar-refractivity contribution in [3.05, 3.63) is 29.7 Å². The van der Waals surface area contributed by atoms with Gasteiger partial charge >= 0.3 is 0 Å². The highest BCUT2D eigenvalue weighted by molar-refractivity contribution is 5.97. The number of ketones is 1. The minimum absolute atomic E-state index is 0.0780. The van der Waals surface area contributed by atoms with Crippen LogP contribution >= 0.6 is 0 Å². The Kier molecular flexibility index (Phi) is 3.94. The number of hydrogen-bond donors (Lipinski definition) is 0. The average Bonchev–Trinajstić information content (AvgIpc) is 2.73.